The maximum Gasteiger partial charge on any atom is 0.270 e. The Morgan fingerprint density at radius 1 is 1.25 bits per heavy atom. The van der Waals surface area contributed by atoms with Crippen LogP contribution in [0.5, 0.6) is 0 Å². The summed E-state index contributed by atoms with van der Waals surface area (Å²) in [7, 11) is 0. The first-order valence-corrected chi connectivity index (χ1v) is 7.69. The summed E-state index contributed by atoms with van der Waals surface area (Å²) < 4.78 is 0. The fourth-order valence-corrected chi connectivity index (χ4v) is 1.98. The van der Waals surface area contributed by atoms with Crippen LogP contribution in [0.4, 0.5) is 5.82 Å². The maximum absolute atomic E-state index is 12.1. The first-order valence-electron chi connectivity index (χ1n) is 7.69. The summed E-state index contributed by atoms with van der Waals surface area (Å²) in [6.07, 6.45) is 5.63. The molecule has 1 atom stereocenters. The molecule has 0 saturated carbocycles. The van der Waals surface area contributed by atoms with E-state index in [-0.39, 0.29) is 11.9 Å². The second-order valence-electron chi connectivity index (χ2n) is 5.21. The van der Waals surface area contributed by atoms with E-state index in [1.807, 2.05) is 19.1 Å². The second kappa shape index (κ2) is 9.34. The smallest absolute Gasteiger partial charge is 0.270 e. The summed E-state index contributed by atoms with van der Waals surface area (Å²) in [5, 5.41) is 6.20. The minimum Gasteiger partial charge on any atom is -0.370 e. The molecule has 112 valence electrons. The number of nitrogens with zero attached hydrogens (tertiary/aromatic N) is 1. The molecule has 1 unspecified atom stereocenters. The van der Waals surface area contributed by atoms with Crippen LogP contribution in [-0.2, 0) is 0 Å². The van der Waals surface area contributed by atoms with Crippen LogP contribution in [0.1, 0.15) is 63.4 Å². The molecule has 0 aliphatic rings. The lowest BCUT2D eigenvalue weighted by Gasteiger charge is -2.13. The highest BCUT2D eigenvalue weighted by molar-refractivity contribution is 5.92. The van der Waals surface area contributed by atoms with E-state index in [9.17, 15) is 4.79 Å². The number of amides is 1. The van der Waals surface area contributed by atoms with Crippen molar-refractivity contribution in [2.24, 2.45) is 0 Å². The molecule has 0 saturated heterocycles. The van der Waals surface area contributed by atoms with Gasteiger partial charge in [-0.1, -0.05) is 39.2 Å². The third-order valence-electron chi connectivity index (χ3n) is 3.16. The predicted octanol–water partition coefficient (Wildman–Crippen LogP) is 3.60. The molecule has 1 aromatic heterocycles. The molecule has 0 aliphatic heterocycles. The molecular formula is C16H27N3O. The third kappa shape index (κ3) is 6.04. The lowest BCUT2D eigenvalue weighted by atomic mass is 10.1. The monoisotopic (exact) mass is 277 g/mol. The molecule has 2 N–H and O–H groups in total. The Morgan fingerprint density at radius 2 is 2.05 bits per heavy atom. The molecule has 0 aliphatic carbocycles. The van der Waals surface area contributed by atoms with Crippen molar-refractivity contribution < 1.29 is 4.79 Å². The number of rotatable bonds is 9. The first kappa shape index (κ1) is 16.5. The highest BCUT2D eigenvalue weighted by Crippen LogP contribution is 2.07. The number of hydrogen-bond acceptors (Lipinski definition) is 3. The average Bonchev–Trinajstić information content (AvgIpc) is 2.45. The molecule has 1 amide bonds. The van der Waals surface area contributed by atoms with Crippen LogP contribution in [0.15, 0.2) is 18.2 Å². The van der Waals surface area contributed by atoms with Crippen molar-refractivity contribution in [2.75, 3.05) is 11.9 Å². The normalized spacial score (nSPS) is 11.9. The number of anilines is 1. The molecule has 0 spiro atoms. The Bertz CT molecular complexity index is 406. The van der Waals surface area contributed by atoms with Gasteiger partial charge in [0.2, 0.25) is 0 Å². The number of carbonyl (C=O) groups excluding carboxylic acids is 1. The van der Waals surface area contributed by atoms with Gasteiger partial charge in [0.25, 0.3) is 5.91 Å². The van der Waals surface area contributed by atoms with Crippen LogP contribution in [0.2, 0.25) is 0 Å². The average molecular weight is 277 g/mol. The molecule has 4 nitrogen and oxygen atoms in total. The van der Waals surface area contributed by atoms with Gasteiger partial charge in [-0.15, -0.1) is 0 Å². The maximum atomic E-state index is 12.1. The zero-order chi connectivity index (χ0) is 14.8. The Morgan fingerprint density at radius 3 is 2.75 bits per heavy atom. The molecule has 0 aromatic carbocycles. The summed E-state index contributed by atoms with van der Waals surface area (Å²) in [6, 6.07) is 5.70. The third-order valence-corrected chi connectivity index (χ3v) is 3.16. The minimum absolute atomic E-state index is 0.0888. The van der Waals surface area contributed by atoms with Crippen molar-refractivity contribution >= 4 is 11.7 Å². The standard InChI is InChI=1S/C16H27N3O/c1-4-6-7-9-13(3)18-16(20)14-10-8-11-15(19-14)17-12-5-2/h8,10-11,13H,4-7,9,12H2,1-3H3,(H,17,19)(H,18,20). The van der Waals surface area contributed by atoms with Gasteiger partial charge in [0.05, 0.1) is 0 Å². The van der Waals surface area contributed by atoms with E-state index in [0.717, 1.165) is 31.6 Å². The summed E-state index contributed by atoms with van der Waals surface area (Å²) in [5.74, 6) is 0.673. The zero-order valence-corrected chi connectivity index (χ0v) is 12.9. The van der Waals surface area contributed by atoms with Crippen molar-refractivity contribution in [3.63, 3.8) is 0 Å². The van der Waals surface area contributed by atoms with Crippen LogP contribution in [-0.4, -0.2) is 23.5 Å². The number of hydrogen-bond donors (Lipinski definition) is 2. The zero-order valence-electron chi connectivity index (χ0n) is 12.9. The lowest BCUT2D eigenvalue weighted by molar-refractivity contribution is 0.0933. The van der Waals surface area contributed by atoms with Gasteiger partial charge in [0.1, 0.15) is 11.5 Å². The molecule has 1 aromatic rings. The van der Waals surface area contributed by atoms with Crippen molar-refractivity contribution in [3.8, 4) is 0 Å². The largest absolute Gasteiger partial charge is 0.370 e. The van der Waals surface area contributed by atoms with Crippen molar-refractivity contribution in [1.82, 2.24) is 10.3 Å². The number of aromatic nitrogens is 1. The summed E-state index contributed by atoms with van der Waals surface area (Å²) >= 11 is 0. The van der Waals surface area contributed by atoms with Crippen LogP contribution < -0.4 is 10.6 Å². The van der Waals surface area contributed by atoms with Crippen LogP contribution in [0, 0.1) is 0 Å². The molecule has 4 heteroatoms. The van der Waals surface area contributed by atoms with Gasteiger partial charge in [0.15, 0.2) is 0 Å². The van der Waals surface area contributed by atoms with Crippen molar-refractivity contribution in [3.05, 3.63) is 23.9 Å². The molecular weight excluding hydrogens is 250 g/mol. The Balaban J connectivity index is 2.49. The molecule has 0 fully saturated rings. The van der Waals surface area contributed by atoms with Gasteiger partial charge in [-0.25, -0.2) is 4.98 Å². The quantitative estimate of drug-likeness (QED) is 0.678. The molecule has 0 bridgehead atoms. The van der Waals surface area contributed by atoms with Crippen LogP contribution in [0.25, 0.3) is 0 Å². The van der Waals surface area contributed by atoms with E-state index in [0.29, 0.717) is 5.69 Å². The summed E-state index contributed by atoms with van der Waals surface area (Å²) in [5.41, 5.74) is 0.480. The molecule has 0 radical (unpaired) electrons. The highest BCUT2D eigenvalue weighted by atomic mass is 16.1. The fraction of sp³-hybridized carbons (Fsp3) is 0.625. The lowest BCUT2D eigenvalue weighted by Crippen LogP contribution is -2.33. The van der Waals surface area contributed by atoms with Gasteiger partial charge >= 0.3 is 0 Å². The SMILES string of the molecule is CCCCCC(C)NC(=O)c1cccc(NCCC)n1. The van der Waals surface area contributed by atoms with Crippen molar-refractivity contribution in [2.45, 2.75) is 58.9 Å². The fourth-order valence-electron chi connectivity index (χ4n) is 1.98. The van der Waals surface area contributed by atoms with E-state index >= 15 is 0 Å². The highest BCUT2D eigenvalue weighted by Gasteiger charge is 2.11. The van der Waals surface area contributed by atoms with E-state index in [1.165, 1.54) is 12.8 Å². The number of nitrogens with one attached hydrogen (secondary N) is 2. The van der Waals surface area contributed by atoms with Crippen molar-refractivity contribution in [1.29, 1.82) is 0 Å². The van der Waals surface area contributed by atoms with Gasteiger partial charge in [-0.2, -0.15) is 0 Å². The Labute approximate surface area is 122 Å². The van der Waals surface area contributed by atoms with Gasteiger partial charge in [-0.3, -0.25) is 4.79 Å². The second-order valence-corrected chi connectivity index (χ2v) is 5.21. The van der Waals surface area contributed by atoms with E-state index in [1.54, 1.807) is 6.07 Å². The Hall–Kier alpha value is -1.58. The van der Waals surface area contributed by atoms with E-state index in [4.69, 9.17) is 0 Å². The summed E-state index contributed by atoms with van der Waals surface area (Å²) in [6.45, 7) is 7.20. The topological polar surface area (TPSA) is 54.0 Å². The van der Waals surface area contributed by atoms with Gasteiger partial charge < -0.3 is 10.6 Å². The minimum atomic E-state index is -0.0888. The predicted molar refractivity (Wildman–Crippen MR) is 84.1 cm³/mol. The molecule has 1 rings (SSSR count). The van der Waals surface area contributed by atoms with Gasteiger partial charge in [0, 0.05) is 12.6 Å². The number of unbranched alkanes of at least 4 members (excludes halogenated alkanes) is 2. The molecule has 1 heterocycles. The first-order chi connectivity index (χ1) is 9.67. The van der Waals surface area contributed by atoms with E-state index < -0.39 is 0 Å². The summed E-state index contributed by atoms with van der Waals surface area (Å²) in [4.78, 5) is 16.4. The Kier molecular flexibility index (Phi) is 7.70. The number of carbonyl (C=O) groups is 1. The van der Waals surface area contributed by atoms with Gasteiger partial charge in [-0.05, 0) is 31.9 Å². The number of pyridine rings is 1. The van der Waals surface area contributed by atoms with Crippen LogP contribution in [0.3, 0.4) is 0 Å². The van der Waals surface area contributed by atoms with Crippen LogP contribution >= 0.6 is 0 Å². The molecule has 20 heavy (non-hydrogen) atoms. The van der Waals surface area contributed by atoms with E-state index in [2.05, 4.69) is 29.5 Å².